The number of carbonyl (C=O) groups excluding carboxylic acids is 1. The van der Waals surface area contributed by atoms with Crippen LogP contribution in [0.1, 0.15) is 38.0 Å². The number of furan rings is 1. The monoisotopic (exact) mass is 327 g/mol. The third-order valence-corrected chi connectivity index (χ3v) is 4.41. The van der Waals surface area contributed by atoms with E-state index in [4.69, 9.17) is 4.42 Å². The Morgan fingerprint density at radius 1 is 1.17 bits per heavy atom. The molecule has 2 N–H and O–H groups in total. The predicted molar refractivity (Wildman–Crippen MR) is 96.3 cm³/mol. The van der Waals surface area contributed by atoms with Crippen molar-refractivity contribution in [2.75, 3.05) is 29.9 Å². The van der Waals surface area contributed by atoms with Crippen molar-refractivity contribution in [2.45, 2.75) is 32.2 Å². The van der Waals surface area contributed by atoms with Gasteiger partial charge in [0.2, 0.25) is 5.91 Å². The lowest BCUT2D eigenvalue weighted by atomic mass is 10.1. The van der Waals surface area contributed by atoms with Crippen LogP contribution in [-0.4, -0.2) is 25.5 Å². The van der Waals surface area contributed by atoms with E-state index in [1.54, 1.807) is 6.26 Å². The van der Waals surface area contributed by atoms with E-state index in [-0.39, 0.29) is 18.5 Å². The summed E-state index contributed by atoms with van der Waals surface area (Å²) in [5, 5.41) is 6.08. The van der Waals surface area contributed by atoms with Crippen LogP contribution in [0.15, 0.2) is 47.1 Å². The molecule has 1 aliphatic rings. The van der Waals surface area contributed by atoms with E-state index < -0.39 is 0 Å². The van der Waals surface area contributed by atoms with Crippen LogP contribution < -0.4 is 15.5 Å². The Bertz CT molecular complexity index is 631. The van der Waals surface area contributed by atoms with Gasteiger partial charge in [0.25, 0.3) is 0 Å². The summed E-state index contributed by atoms with van der Waals surface area (Å²) in [6.07, 6.45) is 5.49. The molecule has 1 aliphatic heterocycles. The summed E-state index contributed by atoms with van der Waals surface area (Å²) in [7, 11) is 0. The van der Waals surface area contributed by atoms with E-state index in [1.807, 2.05) is 31.2 Å². The highest BCUT2D eigenvalue weighted by Gasteiger charge is 2.12. The molecule has 1 atom stereocenters. The molecule has 1 aromatic carbocycles. The van der Waals surface area contributed by atoms with E-state index in [0.29, 0.717) is 0 Å². The minimum Gasteiger partial charge on any atom is -0.468 e. The quantitative estimate of drug-likeness (QED) is 0.852. The van der Waals surface area contributed by atoms with Gasteiger partial charge < -0.3 is 14.6 Å². The van der Waals surface area contributed by atoms with E-state index in [9.17, 15) is 4.79 Å². The fourth-order valence-electron chi connectivity index (χ4n) is 3.00. The first kappa shape index (κ1) is 16.6. The van der Waals surface area contributed by atoms with Crippen LogP contribution >= 0.6 is 0 Å². The lowest BCUT2D eigenvalue weighted by Gasteiger charge is -2.28. The summed E-state index contributed by atoms with van der Waals surface area (Å²) in [4.78, 5) is 14.5. The van der Waals surface area contributed by atoms with Crippen molar-refractivity contribution in [1.29, 1.82) is 0 Å². The van der Waals surface area contributed by atoms with Gasteiger partial charge in [-0.25, -0.2) is 0 Å². The van der Waals surface area contributed by atoms with Gasteiger partial charge in [0.1, 0.15) is 5.76 Å². The summed E-state index contributed by atoms with van der Waals surface area (Å²) in [6, 6.07) is 11.9. The van der Waals surface area contributed by atoms with Crippen molar-refractivity contribution >= 4 is 17.3 Å². The Morgan fingerprint density at radius 3 is 2.58 bits per heavy atom. The van der Waals surface area contributed by atoms with Crippen molar-refractivity contribution in [3.63, 3.8) is 0 Å². The minimum absolute atomic E-state index is 0.00669. The number of rotatable bonds is 6. The van der Waals surface area contributed by atoms with E-state index in [1.165, 1.54) is 24.9 Å². The molecule has 1 amide bonds. The second-order valence-corrected chi connectivity index (χ2v) is 6.26. The molecular formula is C19H25N3O2. The van der Waals surface area contributed by atoms with Crippen molar-refractivity contribution in [3.8, 4) is 0 Å². The van der Waals surface area contributed by atoms with Crippen LogP contribution in [0.5, 0.6) is 0 Å². The molecule has 128 valence electrons. The van der Waals surface area contributed by atoms with Crippen molar-refractivity contribution in [1.82, 2.24) is 5.32 Å². The van der Waals surface area contributed by atoms with Gasteiger partial charge in [0.15, 0.2) is 0 Å². The number of hydrogen-bond acceptors (Lipinski definition) is 4. The Labute approximate surface area is 143 Å². The van der Waals surface area contributed by atoms with Crippen LogP contribution in [0.25, 0.3) is 0 Å². The molecule has 2 aromatic rings. The number of nitrogens with zero attached hydrogens (tertiary/aromatic N) is 1. The Morgan fingerprint density at radius 2 is 1.92 bits per heavy atom. The first-order valence-electron chi connectivity index (χ1n) is 8.64. The number of piperidine rings is 1. The molecule has 1 fully saturated rings. The molecule has 0 bridgehead atoms. The zero-order valence-corrected chi connectivity index (χ0v) is 14.1. The Kier molecular flexibility index (Phi) is 5.54. The lowest BCUT2D eigenvalue weighted by Crippen LogP contribution is -2.30. The van der Waals surface area contributed by atoms with Gasteiger partial charge >= 0.3 is 0 Å². The van der Waals surface area contributed by atoms with Gasteiger partial charge in [-0.2, -0.15) is 0 Å². The summed E-state index contributed by atoms with van der Waals surface area (Å²) in [5.74, 6) is 0.771. The van der Waals surface area contributed by atoms with Gasteiger partial charge in [-0.15, -0.1) is 0 Å². The normalized spacial score (nSPS) is 16.0. The standard InChI is InChI=1S/C19H25N3O2/c1-15(18-6-5-13-24-18)20-14-19(23)21-16-7-9-17(10-8-16)22-11-3-2-4-12-22/h5-10,13,15,20H,2-4,11-12,14H2,1H3,(H,21,23)/t15-/m0/s1. The van der Waals surface area contributed by atoms with Crippen molar-refractivity contribution < 1.29 is 9.21 Å². The number of hydrogen-bond donors (Lipinski definition) is 2. The average molecular weight is 327 g/mol. The molecule has 5 heteroatoms. The maximum absolute atomic E-state index is 12.1. The number of nitrogens with one attached hydrogen (secondary N) is 2. The average Bonchev–Trinajstić information content (AvgIpc) is 3.16. The molecule has 0 radical (unpaired) electrons. The van der Waals surface area contributed by atoms with Gasteiger partial charge in [-0.1, -0.05) is 0 Å². The third kappa shape index (κ3) is 4.38. The van der Waals surface area contributed by atoms with Crippen LogP contribution in [0.3, 0.4) is 0 Å². The molecule has 0 unspecified atom stereocenters. The minimum atomic E-state index is -0.0564. The predicted octanol–water partition coefficient (Wildman–Crippen LogP) is 3.56. The smallest absolute Gasteiger partial charge is 0.238 e. The first-order chi connectivity index (χ1) is 11.7. The van der Waals surface area contributed by atoms with Gasteiger partial charge in [0.05, 0.1) is 18.8 Å². The summed E-state index contributed by atoms with van der Waals surface area (Å²) in [5.41, 5.74) is 2.06. The fourth-order valence-corrected chi connectivity index (χ4v) is 3.00. The highest BCUT2D eigenvalue weighted by molar-refractivity contribution is 5.92. The number of anilines is 2. The molecule has 2 heterocycles. The highest BCUT2D eigenvalue weighted by atomic mass is 16.3. The zero-order chi connectivity index (χ0) is 16.8. The first-order valence-corrected chi connectivity index (χ1v) is 8.64. The third-order valence-electron chi connectivity index (χ3n) is 4.41. The summed E-state index contributed by atoms with van der Waals surface area (Å²) >= 11 is 0. The molecule has 5 nitrogen and oxygen atoms in total. The molecule has 0 saturated carbocycles. The summed E-state index contributed by atoms with van der Waals surface area (Å²) < 4.78 is 5.32. The van der Waals surface area contributed by atoms with E-state index >= 15 is 0 Å². The van der Waals surface area contributed by atoms with Crippen molar-refractivity contribution in [3.05, 3.63) is 48.4 Å². The van der Waals surface area contributed by atoms with E-state index in [2.05, 4.69) is 27.7 Å². The van der Waals surface area contributed by atoms with Crippen LogP contribution in [0.2, 0.25) is 0 Å². The Hall–Kier alpha value is -2.27. The van der Waals surface area contributed by atoms with Gasteiger partial charge in [-0.05, 0) is 62.6 Å². The largest absolute Gasteiger partial charge is 0.468 e. The molecule has 3 rings (SSSR count). The maximum atomic E-state index is 12.1. The molecule has 1 aromatic heterocycles. The Balaban J connectivity index is 1.47. The molecular weight excluding hydrogens is 302 g/mol. The van der Waals surface area contributed by atoms with Crippen LogP contribution in [0.4, 0.5) is 11.4 Å². The topological polar surface area (TPSA) is 57.5 Å². The molecule has 0 aliphatic carbocycles. The maximum Gasteiger partial charge on any atom is 0.238 e. The molecule has 1 saturated heterocycles. The second kappa shape index (κ2) is 8.02. The summed E-state index contributed by atoms with van der Waals surface area (Å²) in [6.45, 7) is 4.47. The van der Waals surface area contributed by atoms with Gasteiger partial charge in [0, 0.05) is 24.5 Å². The molecule has 24 heavy (non-hydrogen) atoms. The lowest BCUT2D eigenvalue weighted by molar-refractivity contribution is -0.115. The number of benzene rings is 1. The highest BCUT2D eigenvalue weighted by Crippen LogP contribution is 2.21. The van der Waals surface area contributed by atoms with Crippen molar-refractivity contribution in [2.24, 2.45) is 0 Å². The van der Waals surface area contributed by atoms with Crippen LogP contribution in [0, 0.1) is 0 Å². The molecule has 0 spiro atoms. The second-order valence-electron chi connectivity index (χ2n) is 6.26. The fraction of sp³-hybridized carbons (Fsp3) is 0.421. The SMILES string of the molecule is C[C@H](NCC(=O)Nc1ccc(N2CCCCC2)cc1)c1ccco1. The zero-order valence-electron chi connectivity index (χ0n) is 14.1. The van der Waals surface area contributed by atoms with Gasteiger partial charge in [-0.3, -0.25) is 10.1 Å². The number of carbonyl (C=O) groups is 1. The van der Waals surface area contributed by atoms with E-state index in [0.717, 1.165) is 24.5 Å². The number of amides is 1. The van der Waals surface area contributed by atoms with Crippen LogP contribution in [-0.2, 0) is 4.79 Å².